The highest BCUT2D eigenvalue weighted by atomic mass is 16.4. The van der Waals surface area contributed by atoms with Crippen LogP contribution in [0.4, 0.5) is 0 Å². The van der Waals surface area contributed by atoms with Gasteiger partial charge >= 0.3 is 5.97 Å². The Morgan fingerprint density at radius 2 is 1.36 bits per heavy atom. The maximum atomic E-state index is 13.1. The highest BCUT2D eigenvalue weighted by Gasteiger charge is 2.27. The number of H-pyrrole nitrogens is 2. The first-order chi connectivity index (χ1) is 18.8. The molecule has 0 spiro atoms. The van der Waals surface area contributed by atoms with E-state index in [1.165, 1.54) is 0 Å². The number of aliphatic hydroxyl groups is 1. The Kier molecular flexibility index (Phi) is 8.59. The topological polar surface area (TPSA) is 202 Å². The Labute approximate surface area is 223 Å². The Morgan fingerprint density at radius 1 is 0.795 bits per heavy atom. The summed E-state index contributed by atoms with van der Waals surface area (Å²) in [7, 11) is 0. The van der Waals surface area contributed by atoms with E-state index in [0.29, 0.717) is 0 Å². The zero-order chi connectivity index (χ0) is 27.9. The van der Waals surface area contributed by atoms with Crippen molar-refractivity contribution in [3.63, 3.8) is 0 Å². The molecule has 12 heteroatoms. The van der Waals surface area contributed by atoms with Gasteiger partial charge in [0, 0.05) is 40.6 Å². The van der Waals surface area contributed by atoms with Gasteiger partial charge in [0.2, 0.25) is 17.7 Å². The summed E-state index contributed by atoms with van der Waals surface area (Å²) in [6, 6.07) is 11.6. The molecule has 4 aromatic rings. The van der Waals surface area contributed by atoms with Crippen molar-refractivity contribution in [1.82, 2.24) is 25.9 Å². The number of aliphatic carboxylic acids is 1. The Bertz CT molecular complexity index is 1490. The van der Waals surface area contributed by atoms with Crippen molar-refractivity contribution in [1.29, 1.82) is 0 Å². The van der Waals surface area contributed by atoms with E-state index in [-0.39, 0.29) is 12.8 Å². The number of carboxylic acids is 1. The zero-order valence-corrected chi connectivity index (χ0v) is 20.9. The molecular formula is C27H30N6O6. The average molecular weight is 535 g/mol. The molecule has 4 rings (SSSR count). The molecule has 0 aliphatic heterocycles. The number of hydrogen-bond acceptors (Lipinski definition) is 6. The molecule has 0 saturated heterocycles. The minimum Gasteiger partial charge on any atom is -0.480 e. The first-order valence-corrected chi connectivity index (χ1v) is 12.3. The summed E-state index contributed by atoms with van der Waals surface area (Å²) in [4.78, 5) is 55.7. The molecule has 2 aromatic heterocycles. The number of rotatable bonds is 12. The zero-order valence-electron chi connectivity index (χ0n) is 20.9. The summed E-state index contributed by atoms with van der Waals surface area (Å²) in [5.74, 6) is -3.42. The number of nitrogens with one attached hydrogen (secondary N) is 5. The van der Waals surface area contributed by atoms with E-state index in [1.54, 1.807) is 12.4 Å². The van der Waals surface area contributed by atoms with Gasteiger partial charge in [-0.3, -0.25) is 14.4 Å². The molecule has 0 aliphatic rings. The molecule has 0 saturated carbocycles. The number of carboxylic acid groups (broad SMARTS) is 1. The minimum atomic E-state index is -1.50. The molecule has 3 amide bonds. The summed E-state index contributed by atoms with van der Waals surface area (Å²) in [5, 5.41) is 27.2. The van der Waals surface area contributed by atoms with Gasteiger partial charge in [0.05, 0.1) is 19.2 Å². The summed E-state index contributed by atoms with van der Waals surface area (Å²) in [5.41, 5.74) is 9.63. The third-order valence-electron chi connectivity index (χ3n) is 6.42. The van der Waals surface area contributed by atoms with Crippen LogP contribution in [0.25, 0.3) is 21.8 Å². The summed E-state index contributed by atoms with van der Waals surface area (Å²) >= 11 is 0. The first-order valence-electron chi connectivity index (χ1n) is 12.3. The number of amides is 3. The molecule has 2 heterocycles. The molecule has 0 aliphatic carbocycles. The van der Waals surface area contributed by atoms with E-state index < -0.39 is 55.0 Å². The largest absolute Gasteiger partial charge is 0.480 e. The maximum Gasteiger partial charge on any atom is 0.328 e. The fourth-order valence-electron chi connectivity index (χ4n) is 4.36. The summed E-state index contributed by atoms with van der Waals surface area (Å²) in [6.45, 7) is -1.35. The second-order valence-corrected chi connectivity index (χ2v) is 9.15. The number of hydrogen-bond donors (Lipinski definition) is 8. The van der Waals surface area contributed by atoms with Gasteiger partial charge in [0.15, 0.2) is 0 Å². The molecule has 12 nitrogen and oxygen atoms in total. The fraction of sp³-hybridized carbons (Fsp3) is 0.259. The quantitative estimate of drug-likeness (QED) is 0.124. The minimum absolute atomic E-state index is 0.109. The Balaban J connectivity index is 1.46. The van der Waals surface area contributed by atoms with Crippen LogP contribution in [0, 0.1) is 0 Å². The molecule has 2 aromatic carbocycles. The maximum absolute atomic E-state index is 13.1. The van der Waals surface area contributed by atoms with Crippen molar-refractivity contribution in [2.75, 3.05) is 13.2 Å². The summed E-state index contributed by atoms with van der Waals surface area (Å²) < 4.78 is 0. The second kappa shape index (κ2) is 12.2. The van der Waals surface area contributed by atoms with Crippen LogP contribution in [0.1, 0.15) is 11.1 Å². The predicted octanol–water partition coefficient (Wildman–Crippen LogP) is -0.0756. The number of carbonyl (C=O) groups is 4. The van der Waals surface area contributed by atoms with Crippen molar-refractivity contribution in [2.45, 2.75) is 31.0 Å². The molecule has 204 valence electrons. The van der Waals surface area contributed by atoms with Gasteiger partial charge in [-0.15, -0.1) is 0 Å². The van der Waals surface area contributed by atoms with Gasteiger partial charge < -0.3 is 41.9 Å². The lowest BCUT2D eigenvalue weighted by Crippen LogP contribution is -2.54. The lowest BCUT2D eigenvalue weighted by atomic mass is 10.0. The van der Waals surface area contributed by atoms with Crippen molar-refractivity contribution >= 4 is 45.5 Å². The van der Waals surface area contributed by atoms with Crippen molar-refractivity contribution in [3.05, 3.63) is 72.1 Å². The van der Waals surface area contributed by atoms with Gasteiger partial charge in [-0.2, -0.15) is 0 Å². The molecule has 39 heavy (non-hydrogen) atoms. The molecule has 9 N–H and O–H groups in total. The lowest BCUT2D eigenvalue weighted by molar-refractivity contribution is -0.142. The molecule has 0 fully saturated rings. The summed E-state index contributed by atoms with van der Waals surface area (Å²) in [6.07, 6.45) is 3.88. The van der Waals surface area contributed by atoms with Crippen LogP contribution in [0.15, 0.2) is 60.9 Å². The monoisotopic (exact) mass is 534 g/mol. The van der Waals surface area contributed by atoms with Crippen molar-refractivity contribution in [3.8, 4) is 0 Å². The van der Waals surface area contributed by atoms with E-state index in [1.807, 2.05) is 48.5 Å². The molecule has 0 radical (unpaired) electrons. The van der Waals surface area contributed by atoms with Crippen LogP contribution in [0.3, 0.4) is 0 Å². The number of nitrogens with two attached hydrogens (primary N) is 1. The molecular weight excluding hydrogens is 504 g/mol. The highest BCUT2D eigenvalue weighted by molar-refractivity contribution is 5.94. The molecule has 0 bridgehead atoms. The van der Waals surface area contributed by atoms with Crippen LogP contribution in [0.2, 0.25) is 0 Å². The number of benzene rings is 2. The second-order valence-electron chi connectivity index (χ2n) is 9.15. The van der Waals surface area contributed by atoms with E-state index in [9.17, 15) is 19.2 Å². The molecule has 3 unspecified atom stereocenters. The van der Waals surface area contributed by atoms with Crippen LogP contribution in [0.5, 0.6) is 0 Å². The first kappa shape index (κ1) is 27.4. The van der Waals surface area contributed by atoms with Gasteiger partial charge in [0.1, 0.15) is 12.1 Å². The SMILES string of the molecule is NC(Cc1c[nH]c2ccccc12)C(=O)NC(Cc1c[nH]c2ccccc12)C(=O)NCC(=O)NC(CO)C(=O)O. The number of fused-ring (bicyclic) bond motifs is 2. The number of aromatic amines is 2. The third-order valence-corrected chi connectivity index (χ3v) is 6.42. The number of aromatic nitrogens is 2. The highest BCUT2D eigenvalue weighted by Crippen LogP contribution is 2.20. The predicted molar refractivity (Wildman–Crippen MR) is 144 cm³/mol. The standard InChI is InChI=1S/C27H30N6O6/c28-19(9-15-11-29-20-7-3-1-5-17(15)20)25(36)33-22(10-16-12-30-21-8-4-2-6-18(16)21)26(37)31-13-24(35)32-23(14-34)27(38)39/h1-8,11-12,19,22-23,29-30,34H,9-10,13-14,28H2,(H,31,37)(H,32,35)(H,33,36)(H,38,39). The number of aliphatic hydroxyl groups excluding tert-OH is 1. The Hall–Kier alpha value is -4.68. The van der Waals surface area contributed by atoms with Crippen LogP contribution in [-0.2, 0) is 32.0 Å². The van der Waals surface area contributed by atoms with Crippen LogP contribution < -0.4 is 21.7 Å². The van der Waals surface area contributed by atoms with Gasteiger partial charge in [-0.1, -0.05) is 36.4 Å². The van der Waals surface area contributed by atoms with E-state index in [2.05, 4.69) is 25.9 Å². The smallest absolute Gasteiger partial charge is 0.328 e. The fourth-order valence-corrected chi connectivity index (χ4v) is 4.36. The van der Waals surface area contributed by atoms with Gasteiger partial charge in [-0.25, -0.2) is 4.79 Å². The van der Waals surface area contributed by atoms with Crippen molar-refractivity contribution < 1.29 is 29.4 Å². The van der Waals surface area contributed by atoms with Crippen LogP contribution >= 0.6 is 0 Å². The van der Waals surface area contributed by atoms with E-state index in [4.69, 9.17) is 15.9 Å². The normalized spacial score (nSPS) is 13.5. The van der Waals surface area contributed by atoms with Crippen molar-refractivity contribution in [2.24, 2.45) is 5.73 Å². The van der Waals surface area contributed by atoms with Crippen LogP contribution in [-0.4, -0.2) is 75.1 Å². The third kappa shape index (κ3) is 6.61. The molecule has 3 atom stereocenters. The van der Waals surface area contributed by atoms with E-state index in [0.717, 1.165) is 32.9 Å². The van der Waals surface area contributed by atoms with E-state index >= 15 is 0 Å². The lowest BCUT2D eigenvalue weighted by Gasteiger charge is -2.21. The van der Waals surface area contributed by atoms with Gasteiger partial charge in [0.25, 0.3) is 0 Å². The van der Waals surface area contributed by atoms with Gasteiger partial charge in [-0.05, 0) is 29.7 Å². The number of carbonyl (C=O) groups excluding carboxylic acids is 3. The Morgan fingerprint density at radius 3 is 1.92 bits per heavy atom. The number of para-hydroxylation sites is 2. The average Bonchev–Trinajstić information content (AvgIpc) is 3.53.